The van der Waals surface area contributed by atoms with Gasteiger partial charge in [-0.2, -0.15) is 0 Å². The first-order valence-electron chi connectivity index (χ1n) is 24.1. The van der Waals surface area contributed by atoms with E-state index in [-0.39, 0.29) is 145 Å². The van der Waals surface area contributed by atoms with Crippen LogP contribution in [0.25, 0.3) is 12.2 Å². The van der Waals surface area contributed by atoms with E-state index in [0.717, 1.165) is 42.9 Å². The second-order valence-corrected chi connectivity index (χ2v) is 18.6. The Bertz CT molecular complexity index is 2020. The van der Waals surface area contributed by atoms with Crippen LogP contribution in [0.2, 0.25) is 0 Å². The normalized spacial score (nSPS) is 9.79. The fraction of sp³-hybridized carbons (Fsp3) is 0.483. The van der Waals surface area contributed by atoms with Crippen LogP contribution in [0.3, 0.4) is 0 Å². The van der Waals surface area contributed by atoms with E-state index < -0.39 is 5.97 Å². The van der Waals surface area contributed by atoms with E-state index in [9.17, 15) is 14.4 Å². The minimum Gasteiger partial charge on any atom is -0.502 e. The van der Waals surface area contributed by atoms with Crippen molar-refractivity contribution < 1.29 is 163 Å². The Kier molecular flexibility index (Phi) is 66.6. The van der Waals surface area contributed by atoms with Gasteiger partial charge in [0.2, 0.25) is 0 Å². The minimum atomic E-state index is -0.394. The topological polar surface area (TPSA) is 181 Å². The van der Waals surface area contributed by atoms with Crippen LogP contribution in [0.5, 0.6) is 0 Å². The maximum absolute atomic E-state index is 11.8. The van der Waals surface area contributed by atoms with Crippen LogP contribution >= 0.6 is 15.9 Å². The summed E-state index contributed by atoms with van der Waals surface area (Å²) < 4.78 is 25.0. The number of ether oxygens (including phenoxy) is 5. The molecule has 3 aromatic carbocycles. The molecule has 0 heterocycles. The van der Waals surface area contributed by atoms with Crippen molar-refractivity contribution in [2.45, 2.75) is 152 Å². The summed E-state index contributed by atoms with van der Waals surface area (Å²) in [6.07, 6.45) is 14.0. The fourth-order valence-corrected chi connectivity index (χ4v) is 6.91. The van der Waals surface area contributed by atoms with E-state index in [0.29, 0.717) is 55.3 Å². The smallest absolute Gasteiger partial charge is 0.330 e. The first kappa shape index (κ1) is 89.8. The largest absolute Gasteiger partial charge is 0.502 e. The summed E-state index contributed by atoms with van der Waals surface area (Å²) in [7, 11) is 2.70. The summed E-state index contributed by atoms with van der Waals surface area (Å²) in [6, 6.07) is 19.6. The van der Waals surface area contributed by atoms with E-state index in [1.165, 1.54) is 76.7 Å². The Balaban J connectivity index is -0.000000131. The van der Waals surface area contributed by atoms with Gasteiger partial charge in [0.25, 0.3) is 0 Å². The Hall–Kier alpha value is -1.72. The van der Waals surface area contributed by atoms with Crippen LogP contribution in [-0.4, -0.2) is 74.6 Å². The molecule has 0 aromatic heterocycles. The molecule has 0 saturated carbocycles. The third kappa shape index (κ3) is 43.8. The Morgan fingerprint density at radius 3 is 1.19 bits per heavy atom. The van der Waals surface area contributed by atoms with Crippen molar-refractivity contribution in [3.05, 3.63) is 154 Å². The Morgan fingerprint density at radius 1 is 0.533 bits per heavy atom. The van der Waals surface area contributed by atoms with Gasteiger partial charge in [0, 0.05) is 138 Å². The summed E-state index contributed by atoms with van der Waals surface area (Å²) in [6.45, 7) is 38.1. The molecule has 0 saturated heterocycles. The first-order valence-corrected chi connectivity index (χ1v) is 24.9. The molecule has 0 aliphatic heterocycles. The zero-order chi connectivity index (χ0) is 52.9. The number of hydrogen-bond donors (Lipinski definition) is 1. The molecule has 0 aliphatic carbocycles. The zero-order valence-corrected chi connectivity index (χ0v) is 59.7. The van der Waals surface area contributed by atoms with Gasteiger partial charge in [0.15, 0.2) is 0 Å². The van der Waals surface area contributed by atoms with Crippen LogP contribution in [0.1, 0.15) is 196 Å². The first-order chi connectivity index (χ1) is 32.6. The molecule has 15 heteroatoms. The average Bonchev–Trinajstić information content (AvgIpc) is 3.32. The molecule has 424 valence electrons. The van der Waals surface area contributed by atoms with Gasteiger partial charge >= 0.3 is 17.9 Å². The van der Waals surface area contributed by atoms with Crippen LogP contribution in [0.4, 0.5) is 0 Å². The molecule has 5 N–H and O–H groups in total. The number of esters is 3. The number of rotatable bonds is 22. The van der Waals surface area contributed by atoms with Gasteiger partial charge in [-0.1, -0.05) is 175 Å². The molecule has 0 bridgehead atoms. The van der Waals surface area contributed by atoms with E-state index in [2.05, 4.69) is 183 Å². The quantitative estimate of drug-likeness (QED) is 0.0256. The third-order valence-corrected chi connectivity index (χ3v) is 11.0. The van der Waals surface area contributed by atoms with E-state index in [4.69, 9.17) is 19.3 Å². The molecule has 75 heavy (non-hydrogen) atoms. The number of benzene rings is 3. The number of carbonyl (C=O) groups excluding carboxylic acids is 3. The maximum atomic E-state index is 11.8. The van der Waals surface area contributed by atoms with Gasteiger partial charge in [-0.3, -0.25) is 0 Å². The van der Waals surface area contributed by atoms with Crippen molar-refractivity contribution in [3.8, 4) is 0 Å². The summed E-state index contributed by atoms with van der Waals surface area (Å²) in [5, 5.41) is 8.28. The summed E-state index contributed by atoms with van der Waals surface area (Å²) in [5.74, 6) is 1.97. The van der Waals surface area contributed by atoms with Gasteiger partial charge < -0.3 is 39.7 Å². The van der Waals surface area contributed by atoms with Crippen molar-refractivity contribution in [2.24, 2.45) is 0 Å². The number of aliphatic hydroxyl groups excluding tert-OH is 1. The molecular weight excluding hydrogens is 1540 g/mol. The fourth-order valence-electron chi connectivity index (χ4n) is 6.05. The monoisotopic (exact) mass is 1630 g/mol. The van der Waals surface area contributed by atoms with Crippen LogP contribution < -0.4 is 0 Å². The van der Waals surface area contributed by atoms with Crippen LogP contribution in [0.15, 0.2) is 110 Å². The van der Waals surface area contributed by atoms with Crippen LogP contribution in [-0.2, 0) is 58.5 Å². The number of methoxy groups -OCH3 is 2. The molecule has 0 aliphatic rings. The van der Waals surface area contributed by atoms with E-state index in [1.807, 2.05) is 12.2 Å². The number of aliphatic hydroxyl groups is 1. The number of hydrogen-bond acceptors (Lipinski definition) is 9. The number of unbranched alkanes of at least 4 members (excludes halogenated alkanes) is 2. The molecule has 0 amide bonds. The standard InChI is InChI=1S/C21H30O3.C16H22O2.C12H17Br.C6H12O2.C4H6O2.CH4.2Ac.2H2O.Pd/c1-6-23-13-7-8-14-24-21(22)12-10-19-15-18(16(2)3)9-11-20(19)17(4)5;1-11(2)13-6-8-15(12(3)4)14(10-13)7-9-16(17)18-5;1-8(2)10-5-6-11(9(3)4)12(13)7-10;1-2-8-6-4-3-5-7;1-3-4(5)6-2;;;;;;/h6,9-12,15-17H,1,7-8,13-14H2,2-5H3;6-12H,1-5H3;5-9H,1-4H3;2,7H,1,3-6H2;3H,1H2,2H3;1H4;;;2*1H2;/b12-10+;9-7+;;;;;;;;;. The van der Waals surface area contributed by atoms with Gasteiger partial charge in [-0.15, -0.1) is 0 Å². The predicted molar refractivity (Wildman–Crippen MR) is 307 cm³/mol. The Morgan fingerprint density at radius 2 is 0.880 bits per heavy atom. The molecule has 0 unspecified atom stereocenters. The van der Waals surface area contributed by atoms with Crippen molar-refractivity contribution in [3.63, 3.8) is 0 Å². The number of carbonyl (C=O) groups is 3. The third-order valence-electron chi connectivity index (χ3n) is 10.3. The molecule has 0 fully saturated rings. The van der Waals surface area contributed by atoms with E-state index in [1.54, 1.807) is 0 Å². The minimum absolute atomic E-state index is 0. The average molecular weight is 1630 g/mol. The molecule has 0 spiro atoms. The van der Waals surface area contributed by atoms with Gasteiger partial charge in [-0.05, 0) is 124 Å². The summed E-state index contributed by atoms with van der Waals surface area (Å²) >= 11 is 3.62. The van der Waals surface area contributed by atoms with Crippen LogP contribution in [0, 0.1) is 88.1 Å². The van der Waals surface area contributed by atoms with Crippen molar-refractivity contribution in [1.29, 1.82) is 0 Å². The number of halogens is 1. The van der Waals surface area contributed by atoms with Gasteiger partial charge in [0.1, 0.15) is 0 Å². The second kappa shape index (κ2) is 55.6. The van der Waals surface area contributed by atoms with Crippen molar-refractivity contribution in [1.82, 2.24) is 0 Å². The molecule has 3 aromatic rings. The predicted octanol–water partition coefficient (Wildman–Crippen LogP) is 14.5. The van der Waals surface area contributed by atoms with Crippen molar-refractivity contribution in [2.75, 3.05) is 40.6 Å². The molecule has 2 radical (unpaired) electrons. The Labute approximate surface area is 548 Å². The molecular formula is C60H95Ac2BrO11Pd. The maximum Gasteiger partial charge on any atom is 0.330 e. The second-order valence-electron chi connectivity index (χ2n) is 17.8. The van der Waals surface area contributed by atoms with Gasteiger partial charge in [-0.25, -0.2) is 14.4 Å². The zero-order valence-electron chi connectivity index (χ0n) is 47.0. The molecule has 11 nitrogen and oxygen atoms in total. The van der Waals surface area contributed by atoms with E-state index >= 15 is 0 Å². The summed E-state index contributed by atoms with van der Waals surface area (Å²) in [4.78, 5) is 32.9. The molecule has 0 atom stereocenters. The van der Waals surface area contributed by atoms with Gasteiger partial charge in [0.05, 0.1) is 46.6 Å². The SMILES string of the molecule is C.C=CC(=O)OC.C=COCCCCO.C=COCCCCOC(=O)/C=C/c1cc(C(C)C)ccc1C(C)C.CC(C)c1ccc(C(C)C)c(Br)c1.COC(=O)/C=C/c1cc(C(C)C)ccc1C(C)C.O.O.[Ac].[Ac].[Pd]. The summed E-state index contributed by atoms with van der Waals surface area (Å²) in [5.41, 5.74) is 10.0. The molecule has 3 rings (SSSR count). The van der Waals surface area contributed by atoms with Crippen molar-refractivity contribution >= 4 is 46.0 Å².